The molecule has 0 radical (unpaired) electrons. The summed E-state index contributed by atoms with van der Waals surface area (Å²) in [6.07, 6.45) is 6.01. The van der Waals surface area contributed by atoms with E-state index in [4.69, 9.17) is 0 Å². The first-order chi connectivity index (χ1) is 12.1. The monoisotopic (exact) mass is 353 g/mol. The highest BCUT2D eigenvalue weighted by Gasteiger charge is 2.25. The van der Waals surface area contributed by atoms with Gasteiger partial charge in [-0.05, 0) is 43.4 Å². The third-order valence-electron chi connectivity index (χ3n) is 4.85. The Morgan fingerprint density at radius 2 is 2.16 bits per heavy atom. The van der Waals surface area contributed by atoms with Crippen molar-refractivity contribution in [3.8, 4) is 0 Å². The molecule has 4 aromatic rings. The van der Waals surface area contributed by atoms with Crippen LogP contribution in [-0.2, 0) is 19.9 Å². The summed E-state index contributed by atoms with van der Waals surface area (Å²) in [7, 11) is 1.80. The van der Waals surface area contributed by atoms with E-state index in [0.717, 1.165) is 31.2 Å². The van der Waals surface area contributed by atoms with E-state index in [1.807, 2.05) is 0 Å². The van der Waals surface area contributed by atoms with Crippen LogP contribution in [0.1, 0.15) is 39.5 Å². The molecule has 5 rings (SSSR count). The molecule has 4 heterocycles. The molecule has 1 N–H and O–H groups in total. The Morgan fingerprint density at radius 3 is 2.96 bits per heavy atom. The number of carbonyl (C=O) groups excluding carboxylic acids is 1. The van der Waals surface area contributed by atoms with Crippen molar-refractivity contribution in [3.05, 3.63) is 50.5 Å². The van der Waals surface area contributed by atoms with Gasteiger partial charge in [0.05, 0.1) is 11.2 Å². The summed E-state index contributed by atoms with van der Waals surface area (Å²) in [4.78, 5) is 30.8. The number of aromatic nitrogens is 5. The van der Waals surface area contributed by atoms with Crippen molar-refractivity contribution < 1.29 is 4.79 Å². The maximum absolute atomic E-state index is 12.8. The van der Waals surface area contributed by atoms with Crippen molar-refractivity contribution in [2.75, 3.05) is 0 Å². The van der Waals surface area contributed by atoms with Gasteiger partial charge in [0.15, 0.2) is 11.3 Å². The van der Waals surface area contributed by atoms with Gasteiger partial charge in [0.2, 0.25) is 5.78 Å². The molecule has 1 aliphatic carbocycles. The average molecular weight is 353 g/mol. The number of carbonyl (C=O) groups is 1. The number of H-pyrrole nitrogens is 1. The quantitative estimate of drug-likeness (QED) is 0.559. The molecule has 1 aliphatic rings. The minimum absolute atomic E-state index is 0.177. The number of aromatic amines is 1. The Hall–Kier alpha value is -2.74. The molecule has 8 heteroatoms. The van der Waals surface area contributed by atoms with E-state index in [2.05, 4.69) is 15.3 Å². The number of hydrogen-bond donors (Lipinski definition) is 1. The van der Waals surface area contributed by atoms with Crippen molar-refractivity contribution in [1.82, 2.24) is 24.4 Å². The predicted molar refractivity (Wildman–Crippen MR) is 94.5 cm³/mol. The van der Waals surface area contributed by atoms with Crippen LogP contribution in [0.5, 0.6) is 0 Å². The van der Waals surface area contributed by atoms with E-state index in [1.165, 1.54) is 21.8 Å². The van der Waals surface area contributed by atoms with E-state index >= 15 is 0 Å². The number of hydrogen-bond acceptors (Lipinski definition) is 5. The molecule has 0 saturated heterocycles. The highest BCUT2D eigenvalue weighted by molar-refractivity contribution is 7.19. The zero-order valence-corrected chi connectivity index (χ0v) is 14.4. The van der Waals surface area contributed by atoms with Gasteiger partial charge >= 0.3 is 0 Å². The van der Waals surface area contributed by atoms with Gasteiger partial charge in [-0.1, -0.05) is 0 Å². The van der Waals surface area contributed by atoms with Crippen molar-refractivity contribution >= 4 is 33.0 Å². The van der Waals surface area contributed by atoms with Crippen LogP contribution >= 0.6 is 11.3 Å². The molecule has 0 saturated carbocycles. The van der Waals surface area contributed by atoms with Crippen LogP contribution < -0.4 is 5.56 Å². The van der Waals surface area contributed by atoms with Gasteiger partial charge in [0.1, 0.15) is 4.70 Å². The lowest BCUT2D eigenvalue weighted by atomic mass is 9.98. The highest BCUT2D eigenvalue weighted by atomic mass is 32.1. The topological polar surface area (TPSA) is 85.1 Å². The summed E-state index contributed by atoms with van der Waals surface area (Å²) in [6, 6.07) is 3.53. The normalized spacial score (nSPS) is 14.3. The maximum atomic E-state index is 12.8. The predicted octanol–water partition coefficient (Wildman–Crippen LogP) is 2.08. The van der Waals surface area contributed by atoms with Crippen molar-refractivity contribution in [2.45, 2.75) is 25.7 Å². The smallest absolute Gasteiger partial charge is 0.291 e. The van der Waals surface area contributed by atoms with Gasteiger partial charge in [0, 0.05) is 18.1 Å². The Kier molecular flexibility index (Phi) is 2.99. The molecule has 0 atom stereocenters. The Balaban J connectivity index is 1.81. The molecule has 25 heavy (non-hydrogen) atoms. The fourth-order valence-electron chi connectivity index (χ4n) is 3.61. The molecule has 0 spiro atoms. The summed E-state index contributed by atoms with van der Waals surface area (Å²) >= 11 is 1.53. The fraction of sp³-hybridized carbons (Fsp3) is 0.294. The molecular formula is C17H15N5O2S. The number of aryl methyl sites for hydroxylation is 3. The first kappa shape index (κ1) is 14.6. The van der Waals surface area contributed by atoms with Gasteiger partial charge in [-0.3, -0.25) is 9.59 Å². The first-order valence-corrected chi connectivity index (χ1v) is 9.04. The van der Waals surface area contributed by atoms with E-state index < -0.39 is 0 Å². The molecule has 0 aliphatic heterocycles. The van der Waals surface area contributed by atoms with E-state index in [-0.39, 0.29) is 17.0 Å². The van der Waals surface area contributed by atoms with Crippen LogP contribution in [0, 0.1) is 0 Å². The molecule has 0 aromatic carbocycles. The van der Waals surface area contributed by atoms with Gasteiger partial charge in [0.25, 0.3) is 5.56 Å². The third-order valence-corrected chi connectivity index (χ3v) is 6.11. The maximum Gasteiger partial charge on any atom is 0.291 e. The van der Waals surface area contributed by atoms with Crippen LogP contribution in [0.2, 0.25) is 0 Å². The standard InChI is InChI=1S/C17H15N5O2S/c1-21-8-4-6-10(21)14(23)12-16-18-17(24)15-13(22(16)20-19-12)9-5-2-3-7-11(9)25-15/h4,6,8,20H,2-3,5,7H2,1H3. The number of fused-ring (bicyclic) bond motifs is 5. The van der Waals surface area contributed by atoms with E-state index in [0.29, 0.717) is 16.0 Å². The van der Waals surface area contributed by atoms with Crippen LogP contribution in [0.3, 0.4) is 0 Å². The van der Waals surface area contributed by atoms with Gasteiger partial charge < -0.3 is 4.57 Å². The third kappa shape index (κ3) is 1.97. The Labute approximate surface area is 145 Å². The molecule has 0 unspecified atom stereocenters. The number of ketones is 1. The van der Waals surface area contributed by atoms with Crippen LogP contribution in [0.4, 0.5) is 0 Å². The Bertz CT molecular complexity index is 1210. The molecule has 0 fully saturated rings. The van der Waals surface area contributed by atoms with Crippen molar-refractivity contribution in [1.29, 1.82) is 0 Å². The molecular weight excluding hydrogens is 338 g/mol. The second-order valence-corrected chi connectivity index (χ2v) is 7.46. The highest BCUT2D eigenvalue weighted by Crippen LogP contribution is 2.34. The SMILES string of the molecule is Cn1cccc1C(=O)c1n[nH]n2c1nc(=O)c1sc3c(c12)CCCC3. The Morgan fingerprint density at radius 1 is 1.32 bits per heavy atom. The van der Waals surface area contributed by atoms with Crippen LogP contribution in [0.25, 0.3) is 15.9 Å². The zero-order valence-electron chi connectivity index (χ0n) is 13.6. The fourth-order valence-corrected chi connectivity index (χ4v) is 4.87. The number of thiophene rings is 1. The number of nitrogens with one attached hydrogen (secondary N) is 1. The second-order valence-electron chi connectivity index (χ2n) is 6.36. The molecule has 126 valence electrons. The lowest BCUT2D eigenvalue weighted by molar-refractivity contribution is 0.102. The molecule has 0 bridgehead atoms. The number of rotatable bonds is 2. The summed E-state index contributed by atoms with van der Waals surface area (Å²) in [5, 5.41) is 7.09. The number of nitrogens with zero attached hydrogens (tertiary/aromatic N) is 4. The lowest BCUT2D eigenvalue weighted by Crippen LogP contribution is -2.13. The van der Waals surface area contributed by atoms with Crippen LogP contribution in [0.15, 0.2) is 23.1 Å². The molecule has 0 amide bonds. The summed E-state index contributed by atoms with van der Waals surface area (Å²) in [5.41, 5.74) is 2.74. The van der Waals surface area contributed by atoms with E-state index in [9.17, 15) is 9.59 Å². The zero-order chi connectivity index (χ0) is 17.1. The average Bonchev–Trinajstić information content (AvgIpc) is 3.30. The van der Waals surface area contributed by atoms with E-state index in [1.54, 1.807) is 34.5 Å². The second kappa shape index (κ2) is 5.13. The molecule has 7 nitrogen and oxygen atoms in total. The minimum Gasteiger partial charge on any atom is -0.348 e. The van der Waals surface area contributed by atoms with Crippen LogP contribution in [-0.4, -0.2) is 30.2 Å². The van der Waals surface area contributed by atoms with Crippen molar-refractivity contribution in [2.24, 2.45) is 7.05 Å². The first-order valence-electron chi connectivity index (χ1n) is 8.22. The molecule has 4 aromatic heterocycles. The summed E-state index contributed by atoms with van der Waals surface area (Å²) in [5.74, 6) is -0.249. The summed E-state index contributed by atoms with van der Waals surface area (Å²) < 4.78 is 4.08. The van der Waals surface area contributed by atoms with Gasteiger partial charge in [-0.15, -0.1) is 11.3 Å². The van der Waals surface area contributed by atoms with Crippen molar-refractivity contribution in [3.63, 3.8) is 0 Å². The minimum atomic E-state index is -0.281. The van der Waals surface area contributed by atoms with Gasteiger partial charge in [-0.25, -0.2) is 9.73 Å². The summed E-state index contributed by atoms with van der Waals surface area (Å²) in [6.45, 7) is 0. The van der Waals surface area contributed by atoms with Gasteiger partial charge in [-0.2, -0.15) is 10.1 Å². The lowest BCUT2D eigenvalue weighted by Gasteiger charge is -2.10. The largest absolute Gasteiger partial charge is 0.348 e.